The second-order valence-electron chi connectivity index (χ2n) is 28.6. The van der Waals surface area contributed by atoms with Crippen LogP contribution in [0.5, 0.6) is 0 Å². The number of esters is 4. The number of phosphoric ester groups is 2. The molecule has 0 spiro atoms. The molecular formula is C78H152O17P2. The normalized spacial score (nSPS) is 13.9. The van der Waals surface area contributed by atoms with E-state index in [0.717, 1.165) is 109 Å². The molecule has 0 radical (unpaired) electrons. The monoisotopic (exact) mass is 1420 g/mol. The van der Waals surface area contributed by atoms with E-state index < -0.39 is 97.5 Å². The van der Waals surface area contributed by atoms with Gasteiger partial charge in [0.1, 0.15) is 19.3 Å². The molecule has 0 rings (SSSR count). The van der Waals surface area contributed by atoms with Gasteiger partial charge in [-0.15, -0.1) is 0 Å². The Balaban J connectivity index is 5.15. The zero-order valence-corrected chi connectivity index (χ0v) is 65.0. The van der Waals surface area contributed by atoms with Gasteiger partial charge in [0, 0.05) is 25.7 Å². The summed E-state index contributed by atoms with van der Waals surface area (Å²) in [6.45, 7) is 7.27. The van der Waals surface area contributed by atoms with E-state index in [9.17, 15) is 43.2 Å². The minimum Gasteiger partial charge on any atom is -0.462 e. The molecule has 0 saturated heterocycles. The molecular weight excluding hydrogens is 1270 g/mol. The molecule has 5 atom stereocenters. The predicted octanol–water partition coefficient (Wildman–Crippen LogP) is 23.3. The lowest BCUT2D eigenvalue weighted by atomic mass is 10.0. The van der Waals surface area contributed by atoms with E-state index in [0.29, 0.717) is 25.7 Å². The summed E-state index contributed by atoms with van der Waals surface area (Å²) in [5, 5.41) is 10.6. The number of ether oxygens (including phenoxy) is 4. The quantitative estimate of drug-likeness (QED) is 0.0222. The van der Waals surface area contributed by atoms with Gasteiger partial charge in [0.2, 0.25) is 0 Å². The Labute approximate surface area is 594 Å². The standard InChI is InChI=1S/C78H152O17P2/c1-6-9-12-15-18-20-22-24-26-27-28-29-30-31-32-33-35-39-44-49-54-59-64-78(83)95-74(68-89-76(81)62-57-52-47-42-40-36-37-41-46-50-55-60-71(4)5)70-93-97(86,87)91-66-72(79)65-90-96(84,85)92-69-73(67-88-75(80)61-56-51-45-17-14-11-8-3)94-77(82)63-58-53-48-43-38-34-25-23-21-19-16-13-10-7-2/h71-74,79H,6-70H2,1-5H3,(H,84,85)(H,86,87)/t72-,73+,74+/m0/s1. The summed E-state index contributed by atoms with van der Waals surface area (Å²) < 4.78 is 68.5. The van der Waals surface area contributed by atoms with Gasteiger partial charge in [0.15, 0.2) is 12.2 Å². The van der Waals surface area contributed by atoms with Gasteiger partial charge in [-0.05, 0) is 31.6 Å². The van der Waals surface area contributed by atoms with Gasteiger partial charge in [-0.2, -0.15) is 0 Å². The van der Waals surface area contributed by atoms with Crippen LogP contribution in [0.2, 0.25) is 0 Å². The van der Waals surface area contributed by atoms with Crippen LogP contribution in [-0.4, -0.2) is 96.7 Å². The first-order chi connectivity index (χ1) is 47.0. The van der Waals surface area contributed by atoms with Gasteiger partial charge in [-0.1, -0.05) is 362 Å². The fraction of sp³-hybridized carbons (Fsp3) is 0.949. The average Bonchev–Trinajstić information content (AvgIpc) is 1.29. The first-order valence-corrected chi connectivity index (χ1v) is 43.6. The SMILES string of the molecule is CCCCCCCCCCCCCCCCCCCCCCCCC(=O)O[C@H](COC(=O)CCCCCCCCCCCCCC(C)C)COP(=O)(O)OC[C@@H](O)COP(=O)(O)OC[C@@H](COC(=O)CCCCCCCCC)OC(=O)CCCCCCCCCCCCCCCC. The van der Waals surface area contributed by atoms with Crippen LogP contribution in [0.3, 0.4) is 0 Å². The maximum Gasteiger partial charge on any atom is 0.472 e. The van der Waals surface area contributed by atoms with E-state index in [-0.39, 0.29) is 25.7 Å². The summed E-state index contributed by atoms with van der Waals surface area (Å²) in [4.78, 5) is 72.7. The third-order valence-corrected chi connectivity index (χ3v) is 20.2. The molecule has 0 aromatic rings. The molecule has 0 aliphatic carbocycles. The number of aliphatic hydroxyl groups excluding tert-OH is 1. The molecule has 19 heteroatoms. The van der Waals surface area contributed by atoms with Crippen molar-refractivity contribution >= 4 is 39.5 Å². The highest BCUT2D eigenvalue weighted by molar-refractivity contribution is 7.47. The number of unbranched alkanes of at least 4 members (excludes halogenated alkanes) is 50. The third-order valence-electron chi connectivity index (χ3n) is 18.3. The molecule has 0 aromatic carbocycles. The number of carbonyl (C=O) groups excluding carboxylic acids is 4. The Morgan fingerprint density at radius 3 is 0.701 bits per heavy atom. The first kappa shape index (κ1) is 95.1. The second kappa shape index (κ2) is 71.1. The van der Waals surface area contributed by atoms with Crippen LogP contribution < -0.4 is 0 Å². The topological polar surface area (TPSA) is 237 Å². The van der Waals surface area contributed by atoms with E-state index in [2.05, 4.69) is 34.6 Å². The molecule has 2 unspecified atom stereocenters. The lowest BCUT2D eigenvalue weighted by Crippen LogP contribution is -2.30. The summed E-state index contributed by atoms with van der Waals surface area (Å²) in [7, 11) is -9.91. The van der Waals surface area contributed by atoms with Crippen LogP contribution in [0.25, 0.3) is 0 Å². The highest BCUT2D eigenvalue weighted by atomic mass is 31.2. The molecule has 0 aliphatic heterocycles. The maximum atomic E-state index is 13.1. The van der Waals surface area contributed by atoms with Gasteiger partial charge in [0.25, 0.3) is 0 Å². The van der Waals surface area contributed by atoms with Crippen molar-refractivity contribution in [2.24, 2.45) is 5.92 Å². The van der Waals surface area contributed by atoms with E-state index in [1.54, 1.807) is 0 Å². The number of aliphatic hydroxyl groups is 1. The smallest absolute Gasteiger partial charge is 0.462 e. The Morgan fingerprint density at radius 1 is 0.278 bits per heavy atom. The highest BCUT2D eigenvalue weighted by Gasteiger charge is 2.30. The Kier molecular flexibility index (Phi) is 69.6. The molecule has 0 aliphatic rings. The van der Waals surface area contributed by atoms with E-state index >= 15 is 0 Å². The number of rotatable bonds is 78. The molecule has 17 nitrogen and oxygen atoms in total. The van der Waals surface area contributed by atoms with E-state index in [1.807, 2.05) is 0 Å². The number of hydrogen-bond donors (Lipinski definition) is 3. The minimum absolute atomic E-state index is 0.108. The summed E-state index contributed by atoms with van der Waals surface area (Å²) in [6.07, 6.45) is 61.3. The molecule has 0 amide bonds. The number of carbonyl (C=O) groups is 4. The van der Waals surface area contributed by atoms with E-state index in [4.69, 9.17) is 37.0 Å². The van der Waals surface area contributed by atoms with Gasteiger partial charge >= 0.3 is 39.5 Å². The van der Waals surface area contributed by atoms with Crippen LogP contribution in [0.15, 0.2) is 0 Å². The van der Waals surface area contributed by atoms with E-state index in [1.165, 1.54) is 225 Å². The lowest BCUT2D eigenvalue weighted by Gasteiger charge is -2.21. The van der Waals surface area contributed by atoms with Crippen LogP contribution in [-0.2, 0) is 65.4 Å². The number of hydrogen-bond acceptors (Lipinski definition) is 15. The fourth-order valence-corrected chi connectivity index (χ4v) is 13.6. The first-order valence-electron chi connectivity index (χ1n) is 40.6. The Hall–Kier alpha value is -1.94. The van der Waals surface area contributed by atoms with Crippen molar-refractivity contribution in [1.29, 1.82) is 0 Å². The van der Waals surface area contributed by atoms with Crippen molar-refractivity contribution in [3.63, 3.8) is 0 Å². The van der Waals surface area contributed by atoms with Crippen LogP contribution >= 0.6 is 15.6 Å². The molecule has 0 saturated carbocycles. The zero-order valence-electron chi connectivity index (χ0n) is 63.2. The summed E-state index contributed by atoms with van der Waals surface area (Å²) in [5.74, 6) is -1.35. The van der Waals surface area contributed by atoms with Crippen molar-refractivity contribution in [3.05, 3.63) is 0 Å². The van der Waals surface area contributed by atoms with Crippen molar-refractivity contribution in [3.8, 4) is 0 Å². The van der Waals surface area contributed by atoms with Crippen LogP contribution in [0, 0.1) is 5.92 Å². The molecule has 97 heavy (non-hydrogen) atoms. The summed E-state index contributed by atoms with van der Waals surface area (Å²) in [5.41, 5.74) is 0. The van der Waals surface area contributed by atoms with Gasteiger partial charge in [-0.25, -0.2) is 9.13 Å². The zero-order chi connectivity index (χ0) is 71.2. The number of phosphoric acid groups is 2. The van der Waals surface area contributed by atoms with Crippen LogP contribution in [0.4, 0.5) is 0 Å². The highest BCUT2D eigenvalue weighted by Crippen LogP contribution is 2.45. The molecule has 0 bridgehead atoms. The van der Waals surface area contributed by atoms with Gasteiger partial charge < -0.3 is 33.8 Å². The predicted molar refractivity (Wildman–Crippen MR) is 395 cm³/mol. The van der Waals surface area contributed by atoms with Crippen molar-refractivity contribution in [2.75, 3.05) is 39.6 Å². The van der Waals surface area contributed by atoms with Gasteiger partial charge in [0.05, 0.1) is 26.4 Å². The van der Waals surface area contributed by atoms with Gasteiger partial charge in [-0.3, -0.25) is 37.3 Å². The molecule has 3 N–H and O–H groups in total. The Bertz CT molecular complexity index is 1860. The second-order valence-corrected chi connectivity index (χ2v) is 31.5. The molecule has 576 valence electrons. The van der Waals surface area contributed by atoms with Crippen molar-refractivity contribution in [1.82, 2.24) is 0 Å². The average molecular weight is 1420 g/mol. The molecule has 0 aromatic heterocycles. The maximum absolute atomic E-state index is 13.1. The largest absolute Gasteiger partial charge is 0.472 e. The third kappa shape index (κ3) is 72.2. The summed E-state index contributed by atoms with van der Waals surface area (Å²) >= 11 is 0. The summed E-state index contributed by atoms with van der Waals surface area (Å²) in [6, 6.07) is 0. The fourth-order valence-electron chi connectivity index (χ4n) is 12.1. The van der Waals surface area contributed by atoms with Crippen LogP contribution in [0.1, 0.15) is 413 Å². The lowest BCUT2D eigenvalue weighted by molar-refractivity contribution is -0.161. The molecule has 0 fully saturated rings. The minimum atomic E-state index is -4.96. The van der Waals surface area contributed by atoms with Crippen molar-refractivity contribution in [2.45, 2.75) is 432 Å². The van der Waals surface area contributed by atoms with Crippen molar-refractivity contribution < 1.29 is 80.2 Å². The molecule has 0 heterocycles. The Morgan fingerprint density at radius 2 is 0.474 bits per heavy atom.